The predicted octanol–water partition coefficient (Wildman–Crippen LogP) is 16.5. The van der Waals surface area contributed by atoms with Crippen LogP contribution in [0.15, 0.2) is 146 Å². The van der Waals surface area contributed by atoms with Crippen LogP contribution in [-0.2, 0) is 28.6 Å². The average molecular weight is 881 g/mol. The third-order valence-electron chi connectivity index (χ3n) is 9.83. The van der Waals surface area contributed by atoms with Crippen molar-refractivity contribution in [3.63, 3.8) is 0 Å². The summed E-state index contributed by atoms with van der Waals surface area (Å²) in [5, 5.41) is 0. The highest BCUT2D eigenvalue weighted by Crippen LogP contribution is 2.13. The molecule has 0 heterocycles. The Kier molecular flexibility index (Phi) is 47.2. The maximum atomic E-state index is 12.8. The van der Waals surface area contributed by atoms with Crippen molar-refractivity contribution in [1.82, 2.24) is 0 Å². The number of carbonyl (C=O) groups excluding carboxylic acids is 3. The monoisotopic (exact) mass is 881 g/mol. The Morgan fingerprint density at radius 2 is 0.641 bits per heavy atom. The summed E-state index contributed by atoms with van der Waals surface area (Å²) < 4.78 is 16.7. The molecule has 0 amide bonds. The molecule has 0 spiro atoms. The summed E-state index contributed by atoms with van der Waals surface area (Å²) in [7, 11) is 0. The van der Waals surface area contributed by atoms with Crippen LogP contribution in [0.1, 0.15) is 181 Å². The van der Waals surface area contributed by atoms with Crippen LogP contribution in [0.5, 0.6) is 0 Å². The molecular formula is C58H88O6. The second kappa shape index (κ2) is 50.9. The molecule has 356 valence electrons. The fraction of sp³-hybridized carbons (Fsp3) is 0.534. The van der Waals surface area contributed by atoms with Gasteiger partial charge < -0.3 is 14.2 Å². The van der Waals surface area contributed by atoms with Gasteiger partial charge in [0.1, 0.15) is 13.2 Å². The molecule has 0 saturated carbocycles. The normalized spacial score (nSPS) is 13.4. The number of hydrogen-bond donors (Lipinski definition) is 0. The van der Waals surface area contributed by atoms with Crippen LogP contribution in [0.25, 0.3) is 0 Å². The molecule has 0 aromatic rings. The minimum atomic E-state index is -0.815. The van der Waals surface area contributed by atoms with E-state index in [0.717, 1.165) is 122 Å². The summed E-state index contributed by atoms with van der Waals surface area (Å²) in [6.07, 6.45) is 72.5. The zero-order chi connectivity index (χ0) is 46.5. The number of ether oxygens (including phenoxy) is 3. The zero-order valence-electron chi connectivity index (χ0n) is 40.5. The molecule has 0 aliphatic carbocycles. The molecule has 6 heteroatoms. The molecule has 0 aliphatic rings. The molecule has 0 fully saturated rings. The van der Waals surface area contributed by atoms with Crippen molar-refractivity contribution >= 4 is 17.9 Å². The van der Waals surface area contributed by atoms with Crippen LogP contribution in [0.3, 0.4) is 0 Å². The van der Waals surface area contributed by atoms with Crippen molar-refractivity contribution in [3.8, 4) is 0 Å². The van der Waals surface area contributed by atoms with Gasteiger partial charge in [-0.3, -0.25) is 14.4 Å². The summed E-state index contributed by atoms with van der Waals surface area (Å²) in [4.78, 5) is 37.9. The minimum absolute atomic E-state index is 0.112. The van der Waals surface area contributed by atoms with Crippen molar-refractivity contribution in [2.75, 3.05) is 13.2 Å². The molecule has 0 aromatic heterocycles. The lowest BCUT2D eigenvalue weighted by atomic mass is 10.1. The molecule has 0 saturated heterocycles. The lowest BCUT2D eigenvalue weighted by molar-refractivity contribution is -0.167. The molecule has 0 bridgehead atoms. The van der Waals surface area contributed by atoms with Crippen LogP contribution < -0.4 is 0 Å². The van der Waals surface area contributed by atoms with E-state index in [0.29, 0.717) is 19.3 Å². The van der Waals surface area contributed by atoms with Gasteiger partial charge in [-0.15, -0.1) is 0 Å². The first-order valence-corrected chi connectivity index (χ1v) is 25.0. The van der Waals surface area contributed by atoms with E-state index >= 15 is 0 Å². The van der Waals surface area contributed by atoms with Gasteiger partial charge in [0.2, 0.25) is 0 Å². The largest absolute Gasteiger partial charge is 0.462 e. The first kappa shape index (κ1) is 59.3. The Hall–Kier alpha value is -4.71. The Morgan fingerprint density at radius 3 is 1.06 bits per heavy atom. The SMILES string of the molecule is CC\C=C/C=C\C=C/C=C\C=C\C=C/C=C\CCCCCC(=O)OCC(COC(=O)CCCCCCC/C=C\C/C=C\CC)OC(=O)CCCCCCCCC\C=C/C=C\C=C/CC. The van der Waals surface area contributed by atoms with Crippen molar-refractivity contribution in [2.45, 2.75) is 187 Å². The van der Waals surface area contributed by atoms with Gasteiger partial charge in [-0.2, -0.15) is 0 Å². The lowest BCUT2D eigenvalue weighted by Gasteiger charge is -2.18. The van der Waals surface area contributed by atoms with E-state index in [9.17, 15) is 14.4 Å². The fourth-order valence-corrected chi connectivity index (χ4v) is 6.17. The molecular weight excluding hydrogens is 793 g/mol. The summed E-state index contributed by atoms with van der Waals surface area (Å²) in [6, 6.07) is 0. The quantitative estimate of drug-likeness (QED) is 0.0200. The highest BCUT2D eigenvalue weighted by Gasteiger charge is 2.19. The van der Waals surface area contributed by atoms with Gasteiger partial charge in [0, 0.05) is 19.3 Å². The van der Waals surface area contributed by atoms with Crippen molar-refractivity contribution in [1.29, 1.82) is 0 Å². The number of unbranched alkanes of at least 4 members (excludes halogenated alkanes) is 15. The van der Waals surface area contributed by atoms with Gasteiger partial charge >= 0.3 is 17.9 Å². The van der Waals surface area contributed by atoms with Gasteiger partial charge in [-0.25, -0.2) is 0 Å². The Balaban J connectivity index is 4.55. The smallest absolute Gasteiger partial charge is 0.306 e. The molecule has 6 nitrogen and oxygen atoms in total. The molecule has 0 rings (SSSR count). The highest BCUT2D eigenvalue weighted by molar-refractivity contribution is 5.71. The van der Waals surface area contributed by atoms with Crippen LogP contribution in [0.4, 0.5) is 0 Å². The van der Waals surface area contributed by atoms with Crippen molar-refractivity contribution in [2.24, 2.45) is 0 Å². The lowest BCUT2D eigenvalue weighted by Crippen LogP contribution is -2.30. The highest BCUT2D eigenvalue weighted by atomic mass is 16.6. The van der Waals surface area contributed by atoms with E-state index in [1.54, 1.807) is 0 Å². The van der Waals surface area contributed by atoms with Crippen molar-refractivity contribution in [3.05, 3.63) is 146 Å². The standard InChI is InChI=1S/C58H88O6/c1-4-7-10-13-16-19-22-25-27-28-29-30-32-33-36-39-42-45-48-51-57(60)63-54-55(53-62-56(59)50-47-44-41-38-35-24-21-18-15-12-9-6-3)64-58(61)52-49-46-43-40-37-34-31-26-23-20-17-14-11-8-5-2/h7-14,16-23,25,27-30,32-33,36,55H,4-6,15,24,26,31,34-35,37-54H2,1-3H3/b10-7-,11-8-,12-9-,16-13-,17-14-,21-18-,22-19-,23-20-,27-25-,29-28+,32-30-,36-33-. The number of carbonyl (C=O) groups is 3. The van der Waals surface area contributed by atoms with Crippen LogP contribution >= 0.6 is 0 Å². The number of rotatable bonds is 42. The van der Waals surface area contributed by atoms with Crippen LogP contribution in [0, 0.1) is 0 Å². The maximum absolute atomic E-state index is 12.8. The Labute approximate surface area is 391 Å². The Morgan fingerprint density at radius 1 is 0.328 bits per heavy atom. The molecule has 0 aromatic carbocycles. The maximum Gasteiger partial charge on any atom is 0.306 e. The number of esters is 3. The molecule has 64 heavy (non-hydrogen) atoms. The summed E-state index contributed by atoms with van der Waals surface area (Å²) in [6.45, 7) is 6.16. The van der Waals surface area contributed by atoms with Crippen LogP contribution in [0.2, 0.25) is 0 Å². The third-order valence-corrected chi connectivity index (χ3v) is 9.83. The fourth-order valence-electron chi connectivity index (χ4n) is 6.17. The van der Waals surface area contributed by atoms with Crippen molar-refractivity contribution < 1.29 is 28.6 Å². The summed E-state index contributed by atoms with van der Waals surface area (Å²) in [5.41, 5.74) is 0. The molecule has 0 radical (unpaired) electrons. The topological polar surface area (TPSA) is 78.9 Å². The predicted molar refractivity (Wildman–Crippen MR) is 274 cm³/mol. The van der Waals surface area contributed by atoms with Gasteiger partial charge in [0.05, 0.1) is 0 Å². The van der Waals surface area contributed by atoms with E-state index in [1.165, 1.54) is 19.3 Å². The van der Waals surface area contributed by atoms with E-state index in [2.05, 4.69) is 93.7 Å². The Bertz CT molecular complexity index is 1480. The van der Waals surface area contributed by atoms with E-state index in [-0.39, 0.29) is 31.1 Å². The zero-order valence-corrected chi connectivity index (χ0v) is 40.5. The first-order valence-electron chi connectivity index (χ1n) is 25.0. The molecule has 1 unspecified atom stereocenters. The number of allylic oxidation sites excluding steroid dienone is 24. The first-order chi connectivity index (χ1) is 31.5. The average Bonchev–Trinajstić information content (AvgIpc) is 3.29. The summed E-state index contributed by atoms with van der Waals surface area (Å²) >= 11 is 0. The second-order valence-corrected chi connectivity index (χ2v) is 15.8. The van der Waals surface area contributed by atoms with Gasteiger partial charge in [0.25, 0.3) is 0 Å². The summed E-state index contributed by atoms with van der Waals surface area (Å²) in [5.74, 6) is -0.998. The van der Waals surface area contributed by atoms with E-state index < -0.39 is 6.10 Å². The third kappa shape index (κ3) is 48.3. The second-order valence-electron chi connectivity index (χ2n) is 15.8. The molecule has 0 N–H and O–H groups in total. The number of hydrogen-bond acceptors (Lipinski definition) is 6. The van der Waals surface area contributed by atoms with Gasteiger partial charge in [-0.05, 0) is 83.5 Å². The van der Waals surface area contributed by atoms with Gasteiger partial charge in [-0.1, -0.05) is 224 Å². The van der Waals surface area contributed by atoms with E-state index in [4.69, 9.17) is 14.2 Å². The molecule has 0 aliphatic heterocycles. The molecule has 1 atom stereocenters. The van der Waals surface area contributed by atoms with Gasteiger partial charge in [0.15, 0.2) is 6.10 Å². The minimum Gasteiger partial charge on any atom is -0.462 e. The van der Waals surface area contributed by atoms with Crippen LogP contribution in [-0.4, -0.2) is 37.2 Å². The van der Waals surface area contributed by atoms with E-state index in [1.807, 2.05) is 72.9 Å².